The van der Waals surface area contributed by atoms with E-state index in [1.807, 2.05) is 74.0 Å². The van der Waals surface area contributed by atoms with Crippen LogP contribution in [-0.4, -0.2) is 32.8 Å². The molecular formula is C23H22N4O3S3. The second kappa shape index (κ2) is 9.50. The number of imide groups is 1. The molecular weight excluding hydrogens is 476 g/mol. The van der Waals surface area contributed by atoms with Crippen molar-refractivity contribution >= 4 is 56.6 Å². The van der Waals surface area contributed by atoms with Gasteiger partial charge in [-0.05, 0) is 44.4 Å². The standard InChI is InChI=1S/C23H22N4O3S3/c1-23(2,3)26-21(30)24-17(28)13-33-22-25-19-18(15(12-32-19)16-10-7-11-31-16)20(29)27(22)14-8-5-4-6-9-14/h4-12H,13H2,1-3H3,(H2,24,26,28,30). The molecule has 170 valence electrons. The molecule has 3 heterocycles. The van der Waals surface area contributed by atoms with Crippen LogP contribution in [0.15, 0.2) is 63.2 Å². The molecule has 4 aromatic rings. The number of carbonyl (C=O) groups excluding carboxylic acids is 2. The van der Waals surface area contributed by atoms with Crippen LogP contribution in [0, 0.1) is 0 Å². The van der Waals surface area contributed by atoms with Crippen LogP contribution in [0.25, 0.3) is 26.3 Å². The summed E-state index contributed by atoms with van der Waals surface area (Å²) in [6.07, 6.45) is 0. The summed E-state index contributed by atoms with van der Waals surface area (Å²) in [6, 6.07) is 12.6. The molecule has 0 atom stereocenters. The first-order valence-electron chi connectivity index (χ1n) is 10.1. The molecule has 33 heavy (non-hydrogen) atoms. The molecule has 0 saturated carbocycles. The van der Waals surface area contributed by atoms with Crippen LogP contribution in [0.3, 0.4) is 0 Å². The van der Waals surface area contributed by atoms with E-state index in [0.717, 1.165) is 22.2 Å². The average Bonchev–Trinajstić information content (AvgIpc) is 3.41. The molecule has 0 unspecified atom stereocenters. The lowest BCUT2D eigenvalue weighted by Crippen LogP contribution is -2.48. The summed E-state index contributed by atoms with van der Waals surface area (Å²) in [5, 5.41) is 9.87. The molecule has 0 bridgehead atoms. The zero-order chi connectivity index (χ0) is 23.6. The summed E-state index contributed by atoms with van der Waals surface area (Å²) in [6.45, 7) is 5.49. The number of para-hydroxylation sites is 1. The molecule has 10 heteroatoms. The first-order valence-corrected chi connectivity index (χ1v) is 12.9. The van der Waals surface area contributed by atoms with Crippen molar-refractivity contribution in [3.63, 3.8) is 0 Å². The van der Waals surface area contributed by atoms with Crippen LogP contribution >= 0.6 is 34.4 Å². The van der Waals surface area contributed by atoms with Gasteiger partial charge in [-0.1, -0.05) is 36.0 Å². The lowest BCUT2D eigenvalue weighted by Gasteiger charge is -2.20. The molecule has 0 fully saturated rings. The minimum atomic E-state index is -0.559. The van der Waals surface area contributed by atoms with Crippen LogP contribution < -0.4 is 16.2 Å². The molecule has 0 aliphatic rings. The number of rotatable bonds is 5. The van der Waals surface area contributed by atoms with Gasteiger partial charge in [-0.3, -0.25) is 19.5 Å². The van der Waals surface area contributed by atoms with Crippen molar-refractivity contribution in [2.45, 2.75) is 31.5 Å². The van der Waals surface area contributed by atoms with Gasteiger partial charge >= 0.3 is 6.03 Å². The third-order valence-electron chi connectivity index (χ3n) is 4.45. The first kappa shape index (κ1) is 23.2. The van der Waals surface area contributed by atoms with E-state index in [-0.39, 0.29) is 11.3 Å². The normalized spacial score (nSPS) is 11.5. The Balaban J connectivity index is 1.69. The third kappa shape index (κ3) is 5.35. The van der Waals surface area contributed by atoms with Crippen molar-refractivity contribution in [1.29, 1.82) is 0 Å². The maximum absolute atomic E-state index is 13.7. The van der Waals surface area contributed by atoms with Gasteiger partial charge in [0, 0.05) is 21.4 Å². The fourth-order valence-electron chi connectivity index (χ4n) is 3.15. The number of carbonyl (C=O) groups is 2. The fourth-order valence-corrected chi connectivity index (χ4v) is 5.77. The van der Waals surface area contributed by atoms with Gasteiger partial charge in [-0.25, -0.2) is 9.78 Å². The van der Waals surface area contributed by atoms with Gasteiger partial charge in [0.25, 0.3) is 5.56 Å². The number of aromatic nitrogens is 2. The van der Waals surface area contributed by atoms with Gasteiger partial charge in [0.05, 0.1) is 16.8 Å². The first-order chi connectivity index (χ1) is 15.7. The summed E-state index contributed by atoms with van der Waals surface area (Å²) in [5.74, 6) is -0.535. The van der Waals surface area contributed by atoms with Gasteiger partial charge in [0.1, 0.15) is 4.83 Å². The van der Waals surface area contributed by atoms with E-state index < -0.39 is 17.5 Å². The Morgan fingerprint density at radius 3 is 2.52 bits per heavy atom. The van der Waals surface area contributed by atoms with Gasteiger partial charge in [0.15, 0.2) is 5.16 Å². The van der Waals surface area contributed by atoms with Crippen LogP contribution in [0.1, 0.15) is 20.8 Å². The minimum absolute atomic E-state index is 0.0640. The second-order valence-corrected chi connectivity index (χ2v) is 11.0. The number of amides is 3. The van der Waals surface area contributed by atoms with Crippen molar-refractivity contribution in [2.75, 3.05) is 5.75 Å². The van der Waals surface area contributed by atoms with E-state index in [1.165, 1.54) is 15.9 Å². The highest BCUT2D eigenvalue weighted by atomic mass is 32.2. The van der Waals surface area contributed by atoms with Crippen LogP contribution in [0.5, 0.6) is 0 Å². The molecule has 0 saturated heterocycles. The Morgan fingerprint density at radius 2 is 1.85 bits per heavy atom. The van der Waals surface area contributed by atoms with E-state index in [2.05, 4.69) is 10.6 Å². The summed E-state index contributed by atoms with van der Waals surface area (Å²) in [5.41, 5.74) is 0.871. The number of nitrogens with one attached hydrogen (secondary N) is 2. The summed E-state index contributed by atoms with van der Waals surface area (Å²) >= 11 is 4.08. The quantitative estimate of drug-likeness (QED) is 0.302. The highest BCUT2D eigenvalue weighted by Crippen LogP contribution is 2.35. The SMILES string of the molecule is CC(C)(C)NC(=O)NC(=O)CSc1nc2scc(-c3cccs3)c2c(=O)n1-c1ccccc1. The molecule has 0 spiro atoms. The summed E-state index contributed by atoms with van der Waals surface area (Å²) in [4.78, 5) is 44.4. The van der Waals surface area contributed by atoms with Crippen LogP contribution in [-0.2, 0) is 4.79 Å². The number of nitrogens with zero attached hydrogens (tertiary/aromatic N) is 2. The molecule has 2 N–H and O–H groups in total. The molecule has 7 nitrogen and oxygen atoms in total. The minimum Gasteiger partial charge on any atom is -0.333 e. The van der Waals surface area contributed by atoms with Crippen molar-refractivity contribution in [1.82, 2.24) is 20.2 Å². The Labute approximate surface area is 202 Å². The van der Waals surface area contributed by atoms with Gasteiger partial charge in [-0.2, -0.15) is 0 Å². The maximum atomic E-state index is 13.7. The zero-order valence-electron chi connectivity index (χ0n) is 18.2. The molecule has 3 amide bonds. The molecule has 0 aliphatic carbocycles. The third-order valence-corrected chi connectivity index (χ3v) is 7.17. The van der Waals surface area contributed by atoms with Gasteiger partial charge < -0.3 is 5.32 Å². The Bertz CT molecular complexity index is 1350. The molecule has 0 radical (unpaired) electrons. The molecule has 4 rings (SSSR count). The predicted octanol–water partition coefficient (Wildman–Crippen LogP) is 4.89. The number of hydrogen-bond donors (Lipinski definition) is 2. The predicted molar refractivity (Wildman–Crippen MR) is 136 cm³/mol. The van der Waals surface area contributed by atoms with Crippen molar-refractivity contribution in [3.8, 4) is 16.1 Å². The largest absolute Gasteiger partial charge is 0.333 e. The summed E-state index contributed by atoms with van der Waals surface area (Å²) < 4.78 is 1.53. The Kier molecular flexibility index (Phi) is 6.68. The van der Waals surface area contributed by atoms with Crippen molar-refractivity contribution < 1.29 is 9.59 Å². The average molecular weight is 499 g/mol. The lowest BCUT2D eigenvalue weighted by molar-refractivity contribution is -0.117. The van der Waals surface area contributed by atoms with Crippen LogP contribution in [0.2, 0.25) is 0 Å². The van der Waals surface area contributed by atoms with E-state index in [1.54, 1.807) is 11.3 Å². The second-order valence-electron chi connectivity index (χ2n) is 8.22. The zero-order valence-corrected chi connectivity index (χ0v) is 20.7. The van der Waals surface area contributed by atoms with E-state index in [9.17, 15) is 14.4 Å². The maximum Gasteiger partial charge on any atom is 0.321 e. The Morgan fingerprint density at radius 1 is 1.09 bits per heavy atom. The lowest BCUT2D eigenvalue weighted by atomic mass is 10.1. The molecule has 3 aromatic heterocycles. The topological polar surface area (TPSA) is 93.1 Å². The highest BCUT2D eigenvalue weighted by Gasteiger charge is 2.20. The van der Waals surface area contributed by atoms with Gasteiger partial charge in [-0.15, -0.1) is 22.7 Å². The van der Waals surface area contributed by atoms with Crippen molar-refractivity contribution in [3.05, 3.63) is 63.6 Å². The highest BCUT2D eigenvalue weighted by molar-refractivity contribution is 7.99. The number of urea groups is 1. The Hall–Kier alpha value is -2.95. The van der Waals surface area contributed by atoms with E-state index in [0.29, 0.717) is 21.1 Å². The van der Waals surface area contributed by atoms with E-state index >= 15 is 0 Å². The smallest absolute Gasteiger partial charge is 0.321 e. The van der Waals surface area contributed by atoms with Gasteiger partial charge in [0.2, 0.25) is 5.91 Å². The number of benzene rings is 1. The molecule has 1 aromatic carbocycles. The number of thiophene rings is 2. The monoisotopic (exact) mass is 498 g/mol. The fraction of sp³-hybridized carbons (Fsp3) is 0.217. The van der Waals surface area contributed by atoms with E-state index in [4.69, 9.17) is 4.98 Å². The molecule has 0 aliphatic heterocycles. The van der Waals surface area contributed by atoms with Crippen LogP contribution in [0.4, 0.5) is 4.79 Å². The van der Waals surface area contributed by atoms with Crippen molar-refractivity contribution in [2.24, 2.45) is 0 Å². The number of thioether (sulfide) groups is 1. The summed E-state index contributed by atoms with van der Waals surface area (Å²) in [7, 11) is 0. The number of fused-ring (bicyclic) bond motifs is 1. The number of hydrogen-bond acceptors (Lipinski definition) is 7.